The number of hydrogen-bond donors (Lipinski definition) is 1. The van der Waals surface area contributed by atoms with Crippen LogP contribution in [0.15, 0.2) is 25.0 Å². The molecule has 2 amide bonds. The number of anilines is 1. The van der Waals surface area contributed by atoms with Crippen LogP contribution >= 0.6 is 0 Å². The molecule has 1 saturated heterocycles. The van der Waals surface area contributed by atoms with Gasteiger partial charge < -0.3 is 15.1 Å². The second-order valence-corrected chi connectivity index (χ2v) is 7.43. The van der Waals surface area contributed by atoms with Gasteiger partial charge in [0.15, 0.2) is 11.6 Å². The average Bonchev–Trinajstić information content (AvgIpc) is 3.34. The van der Waals surface area contributed by atoms with Crippen LogP contribution in [-0.4, -0.2) is 57.7 Å². The fraction of sp³-hybridized carbons (Fsp3) is 0.400. The standard InChI is InChI=1S/C20H23FN6O2/c1-4-15(28)27-7-5-6-13(11-27)26(3)19-17(21)14-9-22-20(29)16(14)18(24-19)12-8-23-25(2)10-12/h4,8,10,13H,1,5-7,9,11H2,2-3H3,(H,22,29)/t13-/m1/s1. The van der Waals surface area contributed by atoms with E-state index in [2.05, 4.69) is 22.0 Å². The van der Waals surface area contributed by atoms with E-state index in [-0.39, 0.29) is 35.8 Å². The second kappa shape index (κ2) is 7.31. The first-order valence-electron chi connectivity index (χ1n) is 9.54. The first-order chi connectivity index (χ1) is 13.9. The van der Waals surface area contributed by atoms with Crippen molar-refractivity contribution in [2.24, 2.45) is 7.05 Å². The Morgan fingerprint density at radius 2 is 2.28 bits per heavy atom. The minimum absolute atomic E-state index is 0.0838. The molecule has 1 fully saturated rings. The van der Waals surface area contributed by atoms with E-state index >= 15 is 4.39 Å². The monoisotopic (exact) mass is 398 g/mol. The number of carbonyl (C=O) groups is 2. The summed E-state index contributed by atoms with van der Waals surface area (Å²) in [6.45, 7) is 4.81. The van der Waals surface area contributed by atoms with Gasteiger partial charge in [-0.05, 0) is 18.9 Å². The van der Waals surface area contributed by atoms with Crippen LogP contribution in [0.3, 0.4) is 0 Å². The summed E-state index contributed by atoms with van der Waals surface area (Å²) in [7, 11) is 3.55. The number of halogens is 1. The predicted octanol–water partition coefficient (Wildman–Crippen LogP) is 1.48. The van der Waals surface area contributed by atoms with Crippen molar-refractivity contribution in [3.8, 4) is 11.3 Å². The Morgan fingerprint density at radius 1 is 1.48 bits per heavy atom. The number of hydrogen-bond acceptors (Lipinski definition) is 5. The topological polar surface area (TPSA) is 83.4 Å². The Hall–Kier alpha value is -3.23. The van der Waals surface area contributed by atoms with Crippen molar-refractivity contribution in [2.75, 3.05) is 25.0 Å². The number of amides is 2. The lowest BCUT2D eigenvalue weighted by atomic mass is 10.0. The summed E-state index contributed by atoms with van der Waals surface area (Å²) in [5.41, 5.74) is 1.66. The minimum Gasteiger partial charge on any atom is -0.352 e. The highest BCUT2D eigenvalue weighted by Crippen LogP contribution is 2.34. The molecule has 0 saturated carbocycles. The van der Waals surface area contributed by atoms with Crippen LogP contribution in [0.1, 0.15) is 28.8 Å². The van der Waals surface area contributed by atoms with Crippen molar-refractivity contribution in [2.45, 2.75) is 25.4 Å². The molecular weight excluding hydrogens is 375 g/mol. The van der Waals surface area contributed by atoms with Gasteiger partial charge in [-0.3, -0.25) is 14.3 Å². The van der Waals surface area contributed by atoms with Gasteiger partial charge >= 0.3 is 0 Å². The van der Waals surface area contributed by atoms with Crippen LogP contribution in [0.2, 0.25) is 0 Å². The van der Waals surface area contributed by atoms with Crippen LogP contribution in [-0.2, 0) is 18.4 Å². The Morgan fingerprint density at radius 3 is 2.97 bits per heavy atom. The largest absolute Gasteiger partial charge is 0.352 e. The number of nitrogens with zero attached hydrogens (tertiary/aromatic N) is 5. The number of likely N-dealkylation sites (tertiary alicyclic amines) is 1. The highest BCUT2D eigenvalue weighted by molar-refractivity contribution is 6.04. The third-order valence-corrected chi connectivity index (χ3v) is 5.61. The molecule has 0 bridgehead atoms. The minimum atomic E-state index is -0.499. The van der Waals surface area contributed by atoms with E-state index in [1.54, 1.807) is 41.0 Å². The van der Waals surface area contributed by atoms with Gasteiger partial charge in [-0.1, -0.05) is 6.58 Å². The highest BCUT2D eigenvalue weighted by atomic mass is 19.1. The van der Waals surface area contributed by atoms with Crippen LogP contribution < -0.4 is 10.2 Å². The zero-order valence-corrected chi connectivity index (χ0v) is 16.5. The highest BCUT2D eigenvalue weighted by Gasteiger charge is 2.34. The number of aromatic nitrogens is 3. The van der Waals surface area contributed by atoms with E-state index in [9.17, 15) is 9.59 Å². The molecular formula is C20H23FN6O2. The Kier molecular flexibility index (Phi) is 4.81. The fourth-order valence-electron chi connectivity index (χ4n) is 4.03. The molecule has 2 aliphatic heterocycles. The molecule has 4 rings (SSSR count). The molecule has 0 spiro atoms. The molecule has 2 aromatic rings. The fourth-order valence-corrected chi connectivity index (χ4v) is 4.03. The Bertz CT molecular complexity index is 1000. The number of rotatable bonds is 4. The predicted molar refractivity (Wildman–Crippen MR) is 106 cm³/mol. The maximum atomic E-state index is 15.4. The molecule has 0 aliphatic carbocycles. The zero-order valence-electron chi connectivity index (χ0n) is 16.5. The van der Waals surface area contributed by atoms with Crippen molar-refractivity contribution in [3.05, 3.63) is 42.0 Å². The van der Waals surface area contributed by atoms with E-state index in [1.165, 1.54) is 6.08 Å². The van der Waals surface area contributed by atoms with Gasteiger partial charge in [-0.2, -0.15) is 5.10 Å². The number of piperidine rings is 1. The number of likely N-dealkylation sites (N-methyl/N-ethyl adjacent to an activating group) is 1. The summed E-state index contributed by atoms with van der Waals surface area (Å²) in [5, 5.41) is 6.84. The zero-order chi connectivity index (χ0) is 20.7. The van der Waals surface area contributed by atoms with E-state index in [0.29, 0.717) is 29.9 Å². The van der Waals surface area contributed by atoms with Gasteiger partial charge in [0, 0.05) is 57.1 Å². The van der Waals surface area contributed by atoms with Gasteiger partial charge in [0.05, 0.1) is 17.5 Å². The SMILES string of the molecule is C=CC(=O)N1CCC[C@@H](N(C)c2nc(-c3cnn(C)c3)c3c(c2F)CNC3=O)C1. The summed E-state index contributed by atoms with van der Waals surface area (Å²) in [5.74, 6) is -0.783. The smallest absolute Gasteiger partial charge is 0.254 e. The van der Waals surface area contributed by atoms with E-state index in [1.807, 2.05) is 0 Å². The first kappa shape index (κ1) is 19.1. The van der Waals surface area contributed by atoms with Gasteiger partial charge in [0.2, 0.25) is 5.91 Å². The third kappa shape index (κ3) is 3.26. The average molecular weight is 398 g/mol. The molecule has 29 heavy (non-hydrogen) atoms. The van der Waals surface area contributed by atoms with Gasteiger partial charge in [-0.25, -0.2) is 9.37 Å². The van der Waals surface area contributed by atoms with E-state index in [4.69, 9.17) is 0 Å². The summed E-state index contributed by atoms with van der Waals surface area (Å²) < 4.78 is 17.0. The molecule has 152 valence electrons. The maximum Gasteiger partial charge on any atom is 0.254 e. The van der Waals surface area contributed by atoms with Crippen LogP contribution in [0.5, 0.6) is 0 Å². The number of fused-ring (bicyclic) bond motifs is 1. The lowest BCUT2D eigenvalue weighted by Crippen LogP contribution is -2.48. The quantitative estimate of drug-likeness (QED) is 0.789. The molecule has 1 atom stereocenters. The van der Waals surface area contributed by atoms with E-state index < -0.39 is 5.82 Å². The molecule has 0 unspecified atom stereocenters. The lowest BCUT2D eigenvalue weighted by molar-refractivity contribution is -0.127. The summed E-state index contributed by atoms with van der Waals surface area (Å²) in [6.07, 6.45) is 6.29. The van der Waals surface area contributed by atoms with Crippen LogP contribution in [0.4, 0.5) is 10.2 Å². The maximum absolute atomic E-state index is 15.4. The number of carbonyl (C=O) groups excluding carboxylic acids is 2. The molecule has 2 aliphatic rings. The van der Waals surface area contributed by atoms with Crippen molar-refractivity contribution in [3.63, 3.8) is 0 Å². The van der Waals surface area contributed by atoms with Crippen LogP contribution in [0.25, 0.3) is 11.3 Å². The molecule has 9 heteroatoms. The van der Waals surface area contributed by atoms with Gasteiger partial charge in [-0.15, -0.1) is 0 Å². The molecule has 0 aromatic carbocycles. The lowest BCUT2D eigenvalue weighted by Gasteiger charge is -2.38. The third-order valence-electron chi connectivity index (χ3n) is 5.61. The van der Waals surface area contributed by atoms with E-state index in [0.717, 1.165) is 12.8 Å². The summed E-state index contributed by atoms with van der Waals surface area (Å²) >= 11 is 0. The second-order valence-electron chi connectivity index (χ2n) is 7.43. The molecule has 1 N–H and O–H groups in total. The molecule has 2 aromatic heterocycles. The van der Waals surface area contributed by atoms with Crippen molar-refractivity contribution in [1.29, 1.82) is 0 Å². The Balaban J connectivity index is 1.75. The van der Waals surface area contributed by atoms with Crippen LogP contribution in [0, 0.1) is 5.82 Å². The molecule has 0 radical (unpaired) electrons. The van der Waals surface area contributed by atoms with Crippen molar-refractivity contribution >= 4 is 17.6 Å². The number of aryl methyl sites for hydroxylation is 1. The normalized spacial score (nSPS) is 18.4. The molecule has 4 heterocycles. The van der Waals surface area contributed by atoms with Gasteiger partial charge in [0.25, 0.3) is 5.91 Å². The summed E-state index contributed by atoms with van der Waals surface area (Å²) in [4.78, 5) is 32.4. The summed E-state index contributed by atoms with van der Waals surface area (Å²) in [6, 6.07) is -0.0838. The Labute approximate surface area is 168 Å². The van der Waals surface area contributed by atoms with Crippen molar-refractivity contribution in [1.82, 2.24) is 25.0 Å². The van der Waals surface area contributed by atoms with Crippen molar-refractivity contribution < 1.29 is 14.0 Å². The molecule has 8 nitrogen and oxygen atoms in total. The number of pyridine rings is 1. The van der Waals surface area contributed by atoms with Gasteiger partial charge in [0.1, 0.15) is 0 Å². The first-order valence-corrected chi connectivity index (χ1v) is 9.54. The number of nitrogens with one attached hydrogen (secondary N) is 1.